The summed E-state index contributed by atoms with van der Waals surface area (Å²) in [5.41, 5.74) is 0.777. The van der Waals surface area contributed by atoms with Gasteiger partial charge in [-0.25, -0.2) is 4.79 Å². The summed E-state index contributed by atoms with van der Waals surface area (Å²) in [5.74, 6) is -0.786. The molecule has 21 heavy (non-hydrogen) atoms. The quantitative estimate of drug-likeness (QED) is 0.430. The van der Waals surface area contributed by atoms with Crippen LogP contribution in [0.2, 0.25) is 0 Å². The summed E-state index contributed by atoms with van der Waals surface area (Å²) in [5, 5.41) is 25.4. The van der Waals surface area contributed by atoms with Crippen LogP contribution in [0.3, 0.4) is 0 Å². The van der Waals surface area contributed by atoms with Crippen molar-refractivity contribution in [2.45, 2.75) is 18.4 Å². The molecule has 110 valence electrons. The van der Waals surface area contributed by atoms with Gasteiger partial charge in [0.05, 0.1) is 0 Å². The maximum Gasteiger partial charge on any atom is 0.320 e. The van der Waals surface area contributed by atoms with Gasteiger partial charge in [-0.2, -0.15) is 0 Å². The van der Waals surface area contributed by atoms with E-state index in [0.717, 1.165) is 0 Å². The Kier molecular flexibility index (Phi) is 2.35. The molecular weight excluding hydrogens is 274 g/mol. The molecule has 3 rings (SSSR count). The zero-order valence-corrected chi connectivity index (χ0v) is 11.3. The van der Waals surface area contributed by atoms with Crippen molar-refractivity contribution >= 4 is 11.8 Å². The van der Waals surface area contributed by atoms with E-state index in [4.69, 9.17) is 5.73 Å². The van der Waals surface area contributed by atoms with E-state index in [1.807, 2.05) is 0 Å². The predicted molar refractivity (Wildman–Crippen MR) is 73.3 cm³/mol. The fraction of sp³-hybridized carbons (Fsp3) is 0.286. The summed E-state index contributed by atoms with van der Waals surface area (Å²) < 4.78 is 0. The second kappa shape index (κ2) is 3.63. The molecule has 0 aromatic rings. The molecule has 0 aromatic carbocycles. The van der Waals surface area contributed by atoms with Crippen molar-refractivity contribution in [3.63, 3.8) is 0 Å². The Bertz CT molecular complexity index is 692. The molecule has 1 saturated carbocycles. The van der Waals surface area contributed by atoms with Gasteiger partial charge in [-0.15, -0.1) is 0 Å². The SMILES string of the molecule is C=C(N)C1(C)C=CC=C2C(=O)C3(O)NC(=O)NC3(O)C2=C1. The number of amides is 2. The van der Waals surface area contributed by atoms with Gasteiger partial charge in [0.1, 0.15) is 0 Å². The Labute approximate surface area is 120 Å². The monoisotopic (exact) mass is 289 g/mol. The number of aliphatic hydroxyl groups is 2. The largest absolute Gasteiger partial charge is 0.402 e. The molecule has 0 spiro atoms. The van der Waals surface area contributed by atoms with Gasteiger partial charge in [0.15, 0.2) is 0 Å². The van der Waals surface area contributed by atoms with Crippen LogP contribution in [0.25, 0.3) is 0 Å². The van der Waals surface area contributed by atoms with E-state index in [0.29, 0.717) is 5.70 Å². The summed E-state index contributed by atoms with van der Waals surface area (Å²) in [6.45, 7) is 5.43. The van der Waals surface area contributed by atoms with Crippen LogP contribution >= 0.6 is 0 Å². The molecule has 0 aromatic heterocycles. The van der Waals surface area contributed by atoms with Crippen molar-refractivity contribution in [2.24, 2.45) is 11.1 Å². The molecule has 0 bridgehead atoms. The number of urea groups is 1. The van der Waals surface area contributed by atoms with Gasteiger partial charge in [0.25, 0.3) is 5.72 Å². The lowest BCUT2D eigenvalue weighted by atomic mass is 9.83. The Morgan fingerprint density at radius 1 is 1.29 bits per heavy atom. The Morgan fingerprint density at radius 2 is 1.90 bits per heavy atom. The third-order valence-electron chi connectivity index (χ3n) is 4.21. The summed E-state index contributed by atoms with van der Waals surface area (Å²) >= 11 is 0. The maximum atomic E-state index is 12.4. The first-order chi connectivity index (χ1) is 9.64. The zero-order valence-electron chi connectivity index (χ0n) is 11.3. The fourth-order valence-electron chi connectivity index (χ4n) is 2.78. The molecule has 2 aliphatic carbocycles. The first-order valence-electron chi connectivity index (χ1n) is 6.32. The number of hydrogen-bond acceptors (Lipinski definition) is 5. The molecule has 7 nitrogen and oxygen atoms in total. The van der Waals surface area contributed by atoms with Gasteiger partial charge in [0, 0.05) is 22.3 Å². The van der Waals surface area contributed by atoms with Gasteiger partial charge in [0.2, 0.25) is 11.5 Å². The summed E-state index contributed by atoms with van der Waals surface area (Å²) in [4.78, 5) is 23.8. The predicted octanol–water partition coefficient (Wildman–Crippen LogP) is -0.840. The molecule has 7 heteroatoms. The van der Waals surface area contributed by atoms with E-state index in [2.05, 4.69) is 17.2 Å². The highest BCUT2D eigenvalue weighted by Crippen LogP contribution is 2.47. The van der Waals surface area contributed by atoms with Crippen molar-refractivity contribution in [1.82, 2.24) is 10.6 Å². The van der Waals surface area contributed by atoms with Crippen molar-refractivity contribution in [3.05, 3.63) is 47.7 Å². The number of fused-ring (bicyclic) bond motifs is 3. The van der Waals surface area contributed by atoms with Crippen LogP contribution in [-0.4, -0.2) is 33.5 Å². The average Bonchev–Trinajstić information content (AvgIpc) is 2.62. The van der Waals surface area contributed by atoms with Gasteiger partial charge >= 0.3 is 6.03 Å². The minimum Gasteiger partial charge on any atom is -0.402 e. The number of nitrogens with one attached hydrogen (secondary N) is 2. The number of Topliss-reactive ketones (excluding diaryl/α,β-unsaturated/α-hetero) is 1. The van der Waals surface area contributed by atoms with Crippen LogP contribution in [0.4, 0.5) is 4.79 Å². The standard InChI is InChI=1S/C14H15N3O4/c1-7(15)12(2)5-3-4-8-9(6-12)13(20)14(21,10(8)18)17-11(19)16-13/h3-6,20-21H,1,15H2,2H3,(H2,16,17,19). The fourth-order valence-corrected chi connectivity index (χ4v) is 2.78. The molecule has 0 radical (unpaired) electrons. The lowest BCUT2D eigenvalue weighted by Crippen LogP contribution is -2.60. The molecule has 1 aliphatic heterocycles. The number of ketones is 1. The lowest BCUT2D eigenvalue weighted by molar-refractivity contribution is -0.153. The van der Waals surface area contributed by atoms with Gasteiger partial charge in [-0.1, -0.05) is 30.9 Å². The van der Waals surface area contributed by atoms with Crippen LogP contribution in [0.15, 0.2) is 47.7 Å². The number of rotatable bonds is 1. The molecule has 3 atom stereocenters. The Balaban J connectivity index is 2.26. The summed E-state index contributed by atoms with van der Waals surface area (Å²) in [7, 11) is 0. The van der Waals surface area contributed by atoms with E-state index in [-0.39, 0.29) is 11.1 Å². The summed E-state index contributed by atoms with van der Waals surface area (Å²) in [6.07, 6.45) is 6.30. The number of nitrogens with two attached hydrogens (primary N) is 1. The van der Waals surface area contributed by atoms with Crippen LogP contribution < -0.4 is 16.4 Å². The first kappa shape index (κ1) is 13.6. The van der Waals surface area contributed by atoms with Gasteiger partial charge in [-0.3, -0.25) is 10.1 Å². The van der Waals surface area contributed by atoms with E-state index in [1.165, 1.54) is 12.2 Å². The summed E-state index contributed by atoms with van der Waals surface area (Å²) in [6, 6.07) is -0.834. The zero-order chi connectivity index (χ0) is 15.6. The molecule has 2 fully saturated rings. The van der Waals surface area contributed by atoms with Crippen molar-refractivity contribution in [1.29, 1.82) is 0 Å². The second-order valence-electron chi connectivity index (χ2n) is 5.63. The Morgan fingerprint density at radius 3 is 2.52 bits per heavy atom. The molecule has 1 heterocycles. The van der Waals surface area contributed by atoms with E-state index in [1.54, 1.807) is 19.1 Å². The third kappa shape index (κ3) is 1.44. The third-order valence-corrected chi connectivity index (χ3v) is 4.21. The van der Waals surface area contributed by atoms with Crippen LogP contribution in [-0.2, 0) is 4.79 Å². The van der Waals surface area contributed by atoms with E-state index in [9.17, 15) is 19.8 Å². The first-order valence-corrected chi connectivity index (χ1v) is 6.32. The van der Waals surface area contributed by atoms with Crippen LogP contribution in [0.5, 0.6) is 0 Å². The lowest BCUT2D eigenvalue weighted by Gasteiger charge is -2.30. The number of allylic oxidation sites excluding steroid dienone is 3. The molecular formula is C14H15N3O4. The van der Waals surface area contributed by atoms with Gasteiger partial charge in [-0.05, 0) is 6.92 Å². The minimum absolute atomic E-state index is 0.0902. The second-order valence-corrected chi connectivity index (χ2v) is 5.63. The van der Waals surface area contributed by atoms with Crippen molar-refractivity contribution < 1.29 is 19.8 Å². The minimum atomic E-state index is -2.43. The smallest absolute Gasteiger partial charge is 0.320 e. The average molecular weight is 289 g/mol. The molecule has 3 unspecified atom stereocenters. The Hall–Kier alpha value is -2.38. The number of hydrogen-bond donors (Lipinski definition) is 5. The highest BCUT2D eigenvalue weighted by atomic mass is 16.4. The van der Waals surface area contributed by atoms with Gasteiger partial charge < -0.3 is 21.3 Å². The topological polar surface area (TPSA) is 125 Å². The van der Waals surface area contributed by atoms with Crippen molar-refractivity contribution in [3.8, 4) is 0 Å². The van der Waals surface area contributed by atoms with E-state index >= 15 is 0 Å². The normalized spacial score (nSPS) is 40.5. The number of carbonyl (C=O) groups excluding carboxylic acids is 2. The van der Waals surface area contributed by atoms with Crippen LogP contribution in [0, 0.1) is 5.41 Å². The van der Waals surface area contributed by atoms with Crippen LogP contribution in [0.1, 0.15) is 6.92 Å². The molecule has 6 N–H and O–H groups in total. The molecule has 3 aliphatic rings. The highest BCUT2D eigenvalue weighted by molar-refractivity contribution is 6.14. The molecule has 2 amide bonds. The number of carbonyl (C=O) groups is 2. The maximum absolute atomic E-state index is 12.4. The highest BCUT2D eigenvalue weighted by Gasteiger charge is 2.70. The van der Waals surface area contributed by atoms with Crippen molar-refractivity contribution in [2.75, 3.05) is 0 Å². The van der Waals surface area contributed by atoms with E-state index < -0.39 is 28.7 Å². The molecule has 1 saturated heterocycles.